The molecule has 0 bridgehead atoms. The maximum absolute atomic E-state index is 12.2. The predicted molar refractivity (Wildman–Crippen MR) is 68.2 cm³/mol. The zero-order valence-corrected chi connectivity index (χ0v) is 11.9. The van der Waals surface area contributed by atoms with Crippen molar-refractivity contribution < 1.29 is 22.7 Å². The highest BCUT2D eigenvalue weighted by atomic mass is 35.5. The molecule has 8 heteroatoms. The van der Waals surface area contributed by atoms with Crippen LogP contribution in [-0.2, 0) is 10.0 Å². The van der Waals surface area contributed by atoms with E-state index in [1.54, 1.807) is 6.92 Å². The number of benzene rings is 1. The first-order valence-electron chi connectivity index (χ1n) is 5.45. The minimum absolute atomic E-state index is 0.00306. The van der Waals surface area contributed by atoms with Crippen LogP contribution in [0.25, 0.3) is 0 Å². The van der Waals surface area contributed by atoms with Crippen molar-refractivity contribution in [3.63, 3.8) is 0 Å². The number of fused-ring (bicyclic) bond motifs is 1. The summed E-state index contributed by atoms with van der Waals surface area (Å²) in [6.45, 7) is 2.03. The van der Waals surface area contributed by atoms with E-state index in [1.165, 1.54) is 19.2 Å². The summed E-state index contributed by atoms with van der Waals surface area (Å²) in [5.74, 6) is -0.204. The Morgan fingerprint density at radius 1 is 1.37 bits per heavy atom. The summed E-state index contributed by atoms with van der Waals surface area (Å²) < 4.78 is 35.2. The number of methoxy groups -OCH3 is 1. The number of nitrogens with zero attached hydrogens (tertiary/aromatic N) is 1. The molecule has 0 saturated carbocycles. The molecule has 0 aromatic heterocycles. The summed E-state index contributed by atoms with van der Waals surface area (Å²) in [6.07, 6.45) is 0. The number of halogens is 1. The number of alkyl halides is 1. The number of ether oxygens (including phenoxy) is 2. The monoisotopic (exact) mass is 305 g/mol. The molecule has 6 nitrogen and oxygen atoms in total. The standard InChI is InChI=1S/C11H12ClNO5S/c1-3-18-8-4-7(17-2)5-9-10(8)11(14)13(6-12)19(9,15)16/h4-5H,3,6H2,1-2H3. The molecule has 0 radical (unpaired) electrons. The second-order valence-corrected chi connectivity index (χ2v) is 5.78. The molecule has 0 saturated heterocycles. The summed E-state index contributed by atoms with van der Waals surface area (Å²) in [4.78, 5) is 11.9. The van der Waals surface area contributed by atoms with E-state index >= 15 is 0 Å². The highest BCUT2D eigenvalue weighted by Crippen LogP contribution is 2.39. The number of rotatable bonds is 4. The molecule has 0 atom stereocenters. The van der Waals surface area contributed by atoms with E-state index < -0.39 is 21.9 Å². The SMILES string of the molecule is CCOc1cc(OC)cc2c1C(=O)N(CCl)S2(=O)=O. The molecule has 1 amide bonds. The topological polar surface area (TPSA) is 72.9 Å². The molecule has 1 heterocycles. The molecule has 0 unspecified atom stereocenters. The lowest BCUT2D eigenvalue weighted by Crippen LogP contribution is -2.28. The number of hydrogen-bond acceptors (Lipinski definition) is 5. The molecular weight excluding hydrogens is 294 g/mol. The van der Waals surface area contributed by atoms with Crippen LogP contribution in [0.15, 0.2) is 17.0 Å². The van der Waals surface area contributed by atoms with Crippen molar-refractivity contribution in [2.75, 3.05) is 19.7 Å². The average molecular weight is 306 g/mol. The first kappa shape index (κ1) is 14.0. The van der Waals surface area contributed by atoms with E-state index in [2.05, 4.69) is 0 Å². The van der Waals surface area contributed by atoms with Crippen molar-refractivity contribution in [3.05, 3.63) is 17.7 Å². The van der Waals surface area contributed by atoms with Crippen LogP contribution in [0, 0.1) is 0 Å². The fraction of sp³-hybridized carbons (Fsp3) is 0.364. The molecule has 104 valence electrons. The van der Waals surface area contributed by atoms with Crippen LogP contribution in [-0.4, -0.2) is 38.4 Å². The van der Waals surface area contributed by atoms with E-state index in [0.29, 0.717) is 16.7 Å². The fourth-order valence-corrected chi connectivity index (χ4v) is 3.72. The molecule has 1 aliphatic heterocycles. The molecule has 0 N–H and O–H groups in total. The normalized spacial score (nSPS) is 16.4. The van der Waals surface area contributed by atoms with Gasteiger partial charge < -0.3 is 9.47 Å². The zero-order valence-electron chi connectivity index (χ0n) is 10.3. The smallest absolute Gasteiger partial charge is 0.273 e. The summed E-state index contributed by atoms with van der Waals surface area (Å²) in [6, 6.07) is 2.33. The predicted octanol–water partition coefficient (Wildman–Crippen LogP) is 1.43. The molecule has 0 aliphatic carbocycles. The van der Waals surface area contributed by atoms with Gasteiger partial charge in [-0.1, -0.05) is 0 Å². The summed E-state index contributed by atoms with van der Waals surface area (Å²) >= 11 is 5.53. The zero-order chi connectivity index (χ0) is 14.2. The third-order valence-corrected chi connectivity index (χ3v) is 4.83. The Bertz CT molecular complexity index is 628. The van der Waals surface area contributed by atoms with Crippen molar-refractivity contribution in [1.29, 1.82) is 0 Å². The quantitative estimate of drug-likeness (QED) is 0.621. The molecule has 0 spiro atoms. The third-order valence-electron chi connectivity index (χ3n) is 2.69. The van der Waals surface area contributed by atoms with Gasteiger partial charge in [-0.05, 0) is 6.92 Å². The van der Waals surface area contributed by atoms with E-state index in [4.69, 9.17) is 21.1 Å². The van der Waals surface area contributed by atoms with Gasteiger partial charge in [0.05, 0.1) is 13.7 Å². The van der Waals surface area contributed by atoms with Gasteiger partial charge in [0, 0.05) is 12.1 Å². The van der Waals surface area contributed by atoms with E-state index in [9.17, 15) is 13.2 Å². The lowest BCUT2D eigenvalue weighted by atomic mass is 10.1. The van der Waals surface area contributed by atoms with Crippen molar-refractivity contribution in [2.24, 2.45) is 0 Å². The Balaban J connectivity index is 2.73. The van der Waals surface area contributed by atoms with Crippen LogP contribution in [0.5, 0.6) is 11.5 Å². The van der Waals surface area contributed by atoms with E-state index in [1.807, 2.05) is 0 Å². The Hall–Kier alpha value is -1.47. The largest absolute Gasteiger partial charge is 0.497 e. The molecule has 1 aliphatic rings. The van der Waals surface area contributed by atoms with Crippen LogP contribution < -0.4 is 9.47 Å². The Labute approximate surface area is 115 Å². The minimum Gasteiger partial charge on any atom is -0.497 e. The van der Waals surface area contributed by atoms with Crippen LogP contribution in [0.3, 0.4) is 0 Å². The number of sulfonamides is 1. The van der Waals surface area contributed by atoms with Crippen LogP contribution >= 0.6 is 11.6 Å². The van der Waals surface area contributed by atoms with Gasteiger partial charge in [-0.25, -0.2) is 12.7 Å². The molecule has 19 heavy (non-hydrogen) atoms. The lowest BCUT2D eigenvalue weighted by molar-refractivity contribution is 0.0882. The van der Waals surface area contributed by atoms with E-state index in [-0.39, 0.29) is 16.2 Å². The Morgan fingerprint density at radius 2 is 2.05 bits per heavy atom. The van der Waals surface area contributed by atoms with Crippen LogP contribution in [0.2, 0.25) is 0 Å². The first-order chi connectivity index (χ1) is 8.97. The molecule has 1 aromatic rings. The van der Waals surface area contributed by atoms with Gasteiger partial charge >= 0.3 is 0 Å². The van der Waals surface area contributed by atoms with Gasteiger partial charge in [0.1, 0.15) is 28.0 Å². The summed E-state index contributed by atoms with van der Waals surface area (Å²) in [5, 5.41) is 0. The minimum atomic E-state index is -3.93. The van der Waals surface area contributed by atoms with Gasteiger partial charge in [-0.2, -0.15) is 0 Å². The number of hydrogen-bond donors (Lipinski definition) is 0. The van der Waals surface area contributed by atoms with Crippen molar-refractivity contribution in [1.82, 2.24) is 4.31 Å². The Kier molecular flexibility index (Phi) is 3.60. The van der Waals surface area contributed by atoms with Crippen molar-refractivity contribution in [2.45, 2.75) is 11.8 Å². The van der Waals surface area contributed by atoms with Gasteiger partial charge in [0.15, 0.2) is 0 Å². The maximum Gasteiger partial charge on any atom is 0.273 e. The van der Waals surface area contributed by atoms with Crippen molar-refractivity contribution >= 4 is 27.5 Å². The molecule has 2 rings (SSSR count). The van der Waals surface area contributed by atoms with Crippen LogP contribution in [0.1, 0.15) is 17.3 Å². The van der Waals surface area contributed by atoms with Crippen LogP contribution in [0.4, 0.5) is 0 Å². The van der Waals surface area contributed by atoms with E-state index in [0.717, 1.165) is 0 Å². The fourth-order valence-electron chi connectivity index (χ4n) is 1.84. The van der Waals surface area contributed by atoms with Gasteiger partial charge in [-0.3, -0.25) is 4.79 Å². The second-order valence-electron chi connectivity index (χ2n) is 3.71. The number of carbonyl (C=O) groups excluding carboxylic acids is 1. The van der Waals surface area contributed by atoms with Gasteiger partial charge in [0.2, 0.25) is 0 Å². The molecule has 0 fully saturated rings. The third kappa shape index (κ3) is 2.02. The van der Waals surface area contributed by atoms with Gasteiger partial charge in [-0.15, -0.1) is 11.6 Å². The average Bonchev–Trinajstić information content (AvgIpc) is 2.57. The number of amides is 1. The molecule has 1 aromatic carbocycles. The second kappa shape index (κ2) is 4.90. The number of carbonyl (C=O) groups is 1. The summed E-state index contributed by atoms with van der Waals surface area (Å²) in [7, 11) is -2.52. The maximum atomic E-state index is 12.2. The highest BCUT2D eigenvalue weighted by Gasteiger charge is 2.43. The summed E-state index contributed by atoms with van der Waals surface area (Å²) in [5.41, 5.74) is 0.00306. The highest BCUT2D eigenvalue weighted by molar-refractivity contribution is 7.90. The Morgan fingerprint density at radius 3 is 2.58 bits per heavy atom. The first-order valence-corrected chi connectivity index (χ1v) is 7.42. The van der Waals surface area contributed by atoms with Crippen molar-refractivity contribution in [3.8, 4) is 11.5 Å². The van der Waals surface area contributed by atoms with Gasteiger partial charge in [0.25, 0.3) is 15.9 Å². The lowest BCUT2D eigenvalue weighted by Gasteiger charge is -2.09. The molecular formula is C11H12ClNO5S.